The first-order valence-corrected chi connectivity index (χ1v) is 6.47. The molecule has 6 heteroatoms. The van der Waals surface area contributed by atoms with E-state index < -0.39 is 0 Å². The van der Waals surface area contributed by atoms with E-state index in [9.17, 15) is 0 Å². The highest BCUT2D eigenvalue weighted by molar-refractivity contribution is 5.70. The molecule has 2 heterocycles. The highest BCUT2D eigenvalue weighted by atomic mass is 16.5. The number of nitrogens with zero attached hydrogens (tertiary/aromatic N) is 3. The minimum atomic E-state index is 0.606. The van der Waals surface area contributed by atoms with Gasteiger partial charge < -0.3 is 15.2 Å². The smallest absolute Gasteiger partial charge is 0.184 e. The Morgan fingerprint density at radius 2 is 1.81 bits per heavy atom. The highest BCUT2D eigenvalue weighted by Gasteiger charge is 2.13. The third kappa shape index (κ3) is 2.14. The van der Waals surface area contributed by atoms with Gasteiger partial charge in [0.1, 0.15) is 0 Å². The normalized spacial score (nSPS) is 10.8. The number of fused-ring (bicyclic) bond motifs is 1. The van der Waals surface area contributed by atoms with Gasteiger partial charge in [-0.1, -0.05) is 0 Å². The Kier molecular flexibility index (Phi) is 3.13. The van der Waals surface area contributed by atoms with Crippen molar-refractivity contribution < 1.29 is 9.47 Å². The number of methoxy groups -OCH3 is 2. The molecule has 0 unspecified atom stereocenters. The van der Waals surface area contributed by atoms with Crippen LogP contribution in [-0.4, -0.2) is 28.8 Å². The van der Waals surface area contributed by atoms with Crippen molar-refractivity contribution in [3.05, 3.63) is 36.0 Å². The minimum absolute atomic E-state index is 0.606. The second-order valence-corrected chi connectivity index (χ2v) is 4.76. The number of ether oxygens (including phenoxy) is 2. The van der Waals surface area contributed by atoms with Crippen LogP contribution >= 0.6 is 0 Å². The van der Waals surface area contributed by atoms with E-state index >= 15 is 0 Å². The lowest BCUT2D eigenvalue weighted by Crippen LogP contribution is -1.96. The largest absolute Gasteiger partial charge is 0.493 e. The van der Waals surface area contributed by atoms with Crippen molar-refractivity contribution in [1.82, 2.24) is 14.6 Å². The van der Waals surface area contributed by atoms with Gasteiger partial charge in [0.05, 0.1) is 19.9 Å². The predicted molar refractivity (Wildman–Crippen MR) is 80.7 cm³/mol. The van der Waals surface area contributed by atoms with E-state index in [2.05, 4.69) is 10.2 Å². The van der Waals surface area contributed by atoms with Crippen molar-refractivity contribution in [1.29, 1.82) is 0 Å². The van der Waals surface area contributed by atoms with Crippen LogP contribution in [0.4, 0.5) is 5.69 Å². The Morgan fingerprint density at radius 1 is 1.05 bits per heavy atom. The zero-order valence-electron chi connectivity index (χ0n) is 12.1. The second kappa shape index (κ2) is 4.97. The molecule has 21 heavy (non-hydrogen) atoms. The topological polar surface area (TPSA) is 74.7 Å². The number of benzene rings is 1. The monoisotopic (exact) mass is 284 g/mol. The summed E-state index contributed by atoms with van der Waals surface area (Å²) in [5.41, 5.74) is 9.15. The summed E-state index contributed by atoms with van der Waals surface area (Å²) < 4.78 is 12.5. The number of aromatic nitrogens is 3. The van der Waals surface area contributed by atoms with Crippen molar-refractivity contribution >= 4 is 11.3 Å². The molecule has 3 aromatic rings. The molecule has 0 aliphatic heterocycles. The molecule has 0 aliphatic rings. The Hall–Kier alpha value is -2.76. The number of aryl methyl sites for hydroxylation is 1. The van der Waals surface area contributed by atoms with E-state index in [-0.39, 0.29) is 0 Å². The second-order valence-electron chi connectivity index (χ2n) is 4.76. The Labute approximate surface area is 122 Å². The summed E-state index contributed by atoms with van der Waals surface area (Å²) in [6, 6.07) is 7.50. The van der Waals surface area contributed by atoms with Gasteiger partial charge in [0.15, 0.2) is 23.0 Å². The van der Waals surface area contributed by atoms with Crippen LogP contribution in [0, 0.1) is 6.92 Å². The minimum Gasteiger partial charge on any atom is -0.493 e. The first-order chi connectivity index (χ1) is 10.1. The van der Waals surface area contributed by atoms with E-state index in [0.29, 0.717) is 28.7 Å². The van der Waals surface area contributed by atoms with Crippen LogP contribution < -0.4 is 15.2 Å². The lowest BCUT2D eigenvalue weighted by atomic mass is 10.2. The van der Waals surface area contributed by atoms with Crippen LogP contribution in [0.2, 0.25) is 0 Å². The molecule has 0 fully saturated rings. The fourth-order valence-corrected chi connectivity index (χ4v) is 2.33. The van der Waals surface area contributed by atoms with Crippen LogP contribution in [0.5, 0.6) is 11.5 Å². The van der Waals surface area contributed by atoms with Crippen molar-refractivity contribution in [3.63, 3.8) is 0 Å². The standard InChI is InChI=1S/C15H16N4O2/c1-9-6-11(16)15-18-17-14(19(15)8-9)10-4-5-12(20-2)13(7-10)21-3/h4-8H,16H2,1-3H3. The van der Waals surface area contributed by atoms with Crippen LogP contribution in [-0.2, 0) is 0 Å². The van der Waals surface area contributed by atoms with E-state index in [0.717, 1.165) is 11.1 Å². The molecule has 0 amide bonds. The fourth-order valence-electron chi connectivity index (χ4n) is 2.33. The molecule has 6 nitrogen and oxygen atoms in total. The lowest BCUT2D eigenvalue weighted by molar-refractivity contribution is 0.355. The zero-order valence-corrected chi connectivity index (χ0v) is 12.1. The summed E-state index contributed by atoms with van der Waals surface area (Å²) in [5.74, 6) is 2.03. The number of anilines is 1. The number of pyridine rings is 1. The van der Waals surface area contributed by atoms with Gasteiger partial charge in [0.25, 0.3) is 0 Å². The lowest BCUT2D eigenvalue weighted by Gasteiger charge is -2.09. The molecule has 2 aromatic heterocycles. The van der Waals surface area contributed by atoms with Crippen LogP contribution in [0.15, 0.2) is 30.5 Å². The summed E-state index contributed by atoms with van der Waals surface area (Å²) in [4.78, 5) is 0. The van der Waals surface area contributed by atoms with Gasteiger partial charge in [0, 0.05) is 11.8 Å². The van der Waals surface area contributed by atoms with E-state index in [1.807, 2.05) is 41.8 Å². The first-order valence-electron chi connectivity index (χ1n) is 6.47. The van der Waals surface area contributed by atoms with E-state index in [1.54, 1.807) is 14.2 Å². The Morgan fingerprint density at radius 3 is 2.52 bits per heavy atom. The number of rotatable bonds is 3. The quantitative estimate of drug-likeness (QED) is 0.798. The number of nitrogen functional groups attached to an aromatic ring is 1. The molecule has 0 bridgehead atoms. The first kappa shape index (κ1) is 13.2. The van der Waals surface area contributed by atoms with Crippen molar-refractivity contribution in [2.24, 2.45) is 0 Å². The summed E-state index contributed by atoms with van der Waals surface area (Å²) >= 11 is 0. The molecule has 0 radical (unpaired) electrons. The summed E-state index contributed by atoms with van der Waals surface area (Å²) in [5, 5.41) is 8.38. The van der Waals surface area contributed by atoms with Gasteiger partial charge in [-0.05, 0) is 36.8 Å². The number of hydrogen-bond donors (Lipinski definition) is 1. The molecule has 1 aromatic carbocycles. The Balaban J connectivity index is 2.21. The molecule has 0 saturated carbocycles. The molecule has 0 saturated heterocycles. The van der Waals surface area contributed by atoms with Crippen molar-refractivity contribution in [2.45, 2.75) is 6.92 Å². The SMILES string of the molecule is COc1ccc(-c2nnc3c(N)cc(C)cn23)cc1OC. The van der Waals surface area contributed by atoms with Crippen LogP contribution in [0.3, 0.4) is 0 Å². The van der Waals surface area contributed by atoms with Gasteiger partial charge in [-0.25, -0.2) is 0 Å². The number of nitrogens with two attached hydrogens (primary N) is 1. The zero-order chi connectivity index (χ0) is 15.0. The average Bonchev–Trinajstić information content (AvgIpc) is 2.90. The van der Waals surface area contributed by atoms with Crippen LogP contribution in [0.1, 0.15) is 5.56 Å². The highest BCUT2D eigenvalue weighted by Crippen LogP contribution is 2.32. The van der Waals surface area contributed by atoms with Gasteiger partial charge in [-0.15, -0.1) is 10.2 Å². The molecular formula is C15H16N4O2. The summed E-state index contributed by atoms with van der Waals surface area (Å²) in [6.45, 7) is 1.98. The third-order valence-electron chi connectivity index (χ3n) is 3.31. The van der Waals surface area contributed by atoms with Crippen molar-refractivity contribution in [2.75, 3.05) is 20.0 Å². The maximum atomic E-state index is 5.98. The Bertz CT molecular complexity index is 811. The predicted octanol–water partition coefficient (Wildman–Crippen LogP) is 2.30. The van der Waals surface area contributed by atoms with E-state index in [4.69, 9.17) is 15.2 Å². The molecular weight excluding hydrogens is 268 g/mol. The molecule has 0 atom stereocenters. The molecule has 0 aliphatic carbocycles. The maximum absolute atomic E-state index is 5.98. The van der Waals surface area contributed by atoms with Crippen LogP contribution in [0.25, 0.3) is 17.0 Å². The summed E-state index contributed by atoms with van der Waals surface area (Å²) in [6.07, 6.45) is 1.96. The third-order valence-corrected chi connectivity index (χ3v) is 3.31. The average molecular weight is 284 g/mol. The fraction of sp³-hybridized carbons (Fsp3) is 0.200. The van der Waals surface area contributed by atoms with Gasteiger partial charge in [-0.2, -0.15) is 0 Å². The molecule has 3 rings (SSSR count). The molecule has 0 spiro atoms. The van der Waals surface area contributed by atoms with Gasteiger partial charge in [0.2, 0.25) is 0 Å². The number of hydrogen-bond acceptors (Lipinski definition) is 5. The van der Waals surface area contributed by atoms with E-state index in [1.165, 1.54) is 0 Å². The molecule has 108 valence electrons. The van der Waals surface area contributed by atoms with Gasteiger partial charge >= 0.3 is 0 Å². The maximum Gasteiger partial charge on any atom is 0.184 e. The van der Waals surface area contributed by atoms with Gasteiger partial charge in [-0.3, -0.25) is 4.40 Å². The van der Waals surface area contributed by atoms with Crippen molar-refractivity contribution in [3.8, 4) is 22.9 Å². The molecule has 2 N–H and O–H groups in total. The summed E-state index contributed by atoms with van der Waals surface area (Å²) in [7, 11) is 3.21.